The molecule has 0 atom stereocenters. The number of benzene rings is 1. The van der Waals surface area contributed by atoms with Gasteiger partial charge >= 0.3 is 0 Å². The van der Waals surface area contributed by atoms with Crippen LogP contribution >= 0.6 is 0 Å². The van der Waals surface area contributed by atoms with Crippen LogP contribution < -0.4 is 5.73 Å². The maximum Gasteiger partial charge on any atom is 0.123 e. The van der Waals surface area contributed by atoms with E-state index in [2.05, 4.69) is 5.10 Å². The number of hydrogen-bond donors (Lipinski definition) is 1. The summed E-state index contributed by atoms with van der Waals surface area (Å²) in [5.41, 5.74) is 8.24. The van der Waals surface area contributed by atoms with Crippen LogP contribution in [0.25, 0.3) is 0 Å². The van der Waals surface area contributed by atoms with Crippen molar-refractivity contribution in [2.24, 2.45) is 5.73 Å². The molecule has 2 aromatic rings. The molecule has 0 fully saturated rings. The second-order valence-electron chi connectivity index (χ2n) is 3.80. The molecule has 1 aromatic carbocycles. The van der Waals surface area contributed by atoms with Gasteiger partial charge in [-0.25, -0.2) is 4.39 Å². The van der Waals surface area contributed by atoms with Crippen molar-refractivity contribution in [3.63, 3.8) is 0 Å². The van der Waals surface area contributed by atoms with Crippen molar-refractivity contribution in [1.82, 2.24) is 9.78 Å². The van der Waals surface area contributed by atoms with Gasteiger partial charge in [0.15, 0.2) is 0 Å². The quantitative estimate of drug-likeness (QED) is 0.856. The Morgan fingerprint density at radius 2 is 2.06 bits per heavy atom. The van der Waals surface area contributed by atoms with Crippen molar-refractivity contribution in [2.75, 3.05) is 0 Å². The van der Waals surface area contributed by atoms with Crippen molar-refractivity contribution >= 4 is 0 Å². The normalized spacial score (nSPS) is 10.7. The molecule has 0 amide bonds. The SMILES string of the molecule is Cc1ccnn1Cc1cc(F)cc(CN)c1. The summed E-state index contributed by atoms with van der Waals surface area (Å²) in [5, 5.41) is 4.16. The third-order valence-corrected chi connectivity index (χ3v) is 2.51. The van der Waals surface area contributed by atoms with Gasteiger partial charge in [0.2, 0.25) is 0 Å². The van der Waals surface area contributed by atoms with Gasteiger partial charge in [0.1, 0.15) is 5.82 Å². The molecule has 0 radical (unpaired) electrons. The molecule has 0 aliphatic carbocycles. The molecular weight excluding hydrogens is 205 g/mol. The molecule has 3 nitrogen and oxygen atoms in total. The molecule has 2 rings (SSSR count). The monoisotopic (exact) mass is 219 g/mol. The van der Waals surface area contributed by atoms with Crippen molar-refractivity contribution in [3.05, 3.63) is 53.1 Å². The van der Waals surface area contributed by atoms with E-state index < -0.39 is 0 Å². The Morgan fingerprint density at radius 1 is 1.31 bits per heavy atom. The first kappa shape index (κ1) is 10.8. The fraction of sp³-hybridized carbons (Fsp3) is 0.250. The highest BCUT2D eigenvalue weighted by Gasteiger charge is 2.03. The fourth-order valence-corrected chi connectivity index (χ4v) is 1.66. The first-order valence-electron chi connectivity index (χ1n) is 5.16. The molecule has 84 valence electrons. The average Bonchev–Trinajstić information content (AvgIpc) is 2.63. The zero-order valence-corrected chi connectivity index (χ0v) is 9.15. The van der Waals surface area contributed by atoms with E-state index in [1.165, 1.54) is 12.1 Å². The fourth-order valence-electron chi connectivity index (χ4n) is 1.66. The van der Waals surface area contributed by atoms with Gasteiger partial charge in [-0.3, -0.25) is 4.68 Å². The van der Waals surface area contributed by atoms with E-state index in [0.29, 0.717) is 13.1 Å². The number of rotatable bonds is 3. The number of nitrogens with two attached hydrogens (primary N) is 1. The van der Waals surface area contributed by atoms with Gasteiger partial charge in [-0.2, -0.15) is 5.10 Å². The van der Waals surface area contributed by atoms with Crippen LogP contribution in [0.3, 0.4) is 0 Å². The van der Waals surface area contributed by atoms with Crippen LogP contribution in [-0.2, 0) is 13.1 Å². The second-order valence-corrected chi connectivity index (χ2v) is 3.80. The minimum Gasteiger partial charge on any atom is -0.326 e. The summed E-state index contributed by atoms with van der Waals surface area (Å²) in [4.78, 5) is 0. The van der Waals surface area contributed by atoms with Gasteiger partial charge in [0.05, 0.1) is 6.54 Å². The highest BCUT2D eigenvalue weighted by Crippen LogP contribution is 2.11. The lowest BCUT2D eigenvalue weighted by Gasteiger charge is -2.06. The first-order valence-corrected chi connectivity index (χ1v) is 5.16. The zero-order valence-electron chi connectivity index (χ0n) is 9.15. The number of nitrogens with zero attached hydrogens (tertiary/aromatic N) is 2. The van der Waals surface area contributed by atoms with E-state index in [1.807, 2.05) is 23.7 Å². The van der Waals surface area contributed by atoms with Gasteiger partial charge in [-0.15, -0.1) is 0 Å². The van der Waals surface area contributed by atoms with Crippen molar-refractivity contribution in [1.29, 1.82) is 0 Å². The Bertz CT molecular complexity index is 491. The average molecular weight is 219 g/mol. The predicted octanol–water partition coefficient (Wildman–Crippen LogP) is 1.84. The molecule has 0 aliphatic rings. The minimum absolute atomic E-state index is 0.247. The van der Waals surface area contributed by atoms with Crippen LogP contribution in [-0.4, -0.2) is 9.78 Å². The molecule has 2 N–H and O–H groups in total. The highest BCUT2D eigenvalue weighted by atomic mass is 19.1. The molecule has 0 unspecified atom stereocenters. The van der Waals surface area contributed by atoms with Crippen LogP contribution in [0.1, 0.15) is 16.8 Å². The van der Waals surface area contributed by atoms with E-state index in [-0.39, 0.29) is 5.82 Å². The maximum atomic E-state index is 13.3. The summed E-state index contributed by atoms with van der Waals surface area (Å²) < 4.78 is 15.1. The molecule has 0 saturated carbocycles. The molecule has 1 heterocycles. The Morgan fingerprint density at radius 3 is 2.69 bits per heavy atom. The minimum atomic E-state index is -0.247. The first-order chi connectivity index (χ1) is 7.69. The van der Waals surface area contributed by atoms with E-state index in [4.69, 9.17) is 5.73 Å². The lowest BCUT2D eigenvalue weighted by molar-refractivity contribution is 0.614. The van der Waals surface area contributed by atoms with E-state index >= 15 is 0 Å². The van der Waals surface area contributed by atoms with Crippen LogP contribution in [0.15, 0.2) is 30.5 Å². The summed E-state index contributed by atoms with van der Waals surface area (Å²) in [5.74, 6) is -0.247. The van der Waals surface area contributed by atoms with E-state index in [9.17, 15) is 4.39 Å². The van der Waals surface area contributed by atoms with Crippen LogP contribution in [0.2, 0.25) is 0 Å². The number of hydrogen-bond acceptors (Lipinski definition) is 2. The van der Waals surface area contributed by atoms with E-state index in [1.54, 1.807) is 6.20 Å². The third kappa shape index (κ3) is 2.28. The topological polar surface area (TPSA) is 43.8 Å². The number of aromatic nitrogens is 2. The maximum absolute atomic E-state index is 13.3. The largest absolute Gasteiger partial charge is 0.326 e. The molecular formula is C12H14FN3. The van der Waals surface area contributed by atoms with Crippen LogP contribution in [0, 0.1) is 12.7 Å². The summed E-state index contributed by atoms with van der Waals surface area (Å²) in [6.07, 6.45) is 1.73. The standard InChI is InChI=1S/C12H14FN3/c1-9-2-3-15-16(9)8-11-4-10(7-14)5-12(13)6-11/h2-6H,7-8,14H2,1H3. The Hall–Kier alpha value is -1.68. The molecule has 16 heavy (non-hydrogen) atoms. The van der Waals surface area contributed by atoms with Crippen LogP contribution in [0.4, 0.5) is 4.39 Å². The van der Waals surface area contributed by atoms with Gasteiger partial charge < -0.3 is 5.73 Å². The zero-order chi connectivity index (χ0) is 11.5. The number of aryl methyl sites for hydroxylation is 1. The van der Waals surface area contributed by atoms with Gasteiger partial charge in [0, 0.05) is 18.4 Å². The second kappa shape index (κ2) is 4.45. The molecule has 0 bridgehead atoms. The van der Waals surface area contributed by atoms with Crippen molar-refractivity contribution in [2.45, 2.75) is 20.0 Å². The molecule has 0 saturated heterocycles. The summed E-state index contributed by atoms with van der Waals surface area (Å²) in [7, 11) is 0. The Labute approximate surface area is 93.7 Å². The molecule has 4 heteroatoms. The predicted molar refractivity (Wildman–Crippen MR) is 60.4 cm³/mol. The van der Waals surface area contributed by atoms with Gasteiger partial charge in [0.25, 0.3) is 0 Å². The lowest BCUT2D eigenvalue weighted by atomic mass is 10.1. The van der Waals surface area contributed by atoms with Crippen LogP contribution in [0.5, 0.6) is 0 Å². The van der Waals surface area contributed by atoms with Crippen molar-refractivity contribution in [3.8, 4) is 0 Å². The molecule has 0 aliphatic heterocycles. The highest BCUT2D eigenvalue weighted by molar-refractivity contribution is 5.25. The summed E-state index contributed by atoms with van der Waals surface area (Å²) in [6, 6.07) is 6.80. The van der Waals surface area contributed by atoms with Gasteiger partial charge in [-0.1, -0.05) is 6.07 Å². The summed E-state index contributed by atoms with van der Waals surface area (Å²) >= 11 is 0. The van der Waals surface area contributed by atoms with Gasteiger partial charge in [-0.05, 0) is 36.2 Å². The third-order valence-electron chi connectivity index (χ3n) is 2.51. The van der Waals surface area contributed by atoms with Crippen molar-refractivity contribution < 1.29 is 4.39 Å². The smallest absolute Gasteiger partial charge is 0.123 e. The Kier molecular flexibility index (Phi) is 3.01. The van der Waals surface area contributed by atoms with E-state index in [0.717, 1.165) is 16.8 Å². The summed E-state index contributed by atoms with van der Waals surface area (Å²) in [6.45, 7) is 2.89. The molecule has 1 aromatic heterocycles. The Balaban J connectivity index is 2.28. The number of halogens is 1. The lowest BCUT2D eigenvalue weighted by Crippen LogP contribution is -2.05. The molecule has 0 spiro atoms.